The van der Waals surface area contributed by atoms with Crippen molar-refractivity contribution in [1.82, 2.24) is 4.31 Å². The number of rotatable bonds is 3. The summed E-state index contributed by atoms with van der Waals surface area (Å²) in [6.45, 7) is 0. The maximum absolute atomic E-state index is 12.9. The van der Waals surface area contributed by atoms with E-state index in [0.717, 1.165) is 32.1 Å². The summed E-state index contributed by atoms with van der Waals surface area (Å²) in [5, 5.41) is 5.17. The Morgan fingerprint density at radius 2 is 1.62 bits per heavy atom. The molecular weight excluding hydrogens is 330 g/mol. The normalized spacial score (nSPS) is 19.4. The van der Waals surface area contributed by atoms with E-state index in [1.54, 1.807) is 7.05 Å². The molecule has 1 aromatic rings. The van der Waals surface area contributed by atoms with Crippen LogP contribution in [0.25, 0.3) is 0 Å². The van der Waals surface area contributed by atoms with E-state index >= 15 is 0 Å². The van der Waals surface area contributed by atoms with Crippen LogP contribution in [0.3, 0.4) is 0 Å². The molecule has 1 fully saturated rings. The predicted octanol–water partition coefficient (Wildman–Crippen LogP) is 1.92. The number of hydrogen-bond donors (Lipinski definition) is 2. The standard InChI is InChI=1S/C16H21N3O4S/c1-19(11-5-3-2-4-6-11)24(22,23)12-7-8-13-14(9-12)18-16(21)10-15(20)17-13/h7-9,11H,2-6,10H2,1H3,(H,17,20)(H,18,21). The summed E-state index contributed by atoms with van der Waals surface area (Å²) >= 11 is 0. The Hall–Kier alpha value is -1.93. The lowest BCUT2D eigenvalue weighted by Crippen LogP contribution is -2.38. The third kappa shape index (κ3) is 3.29. The van der Waals surface area contributed by atoms with E-state index in [0.29, 0.717) is 11.4 Å². The molecule has 2 amide bonds. The van der Waals surface area contributed by atoms with Crippen LogP contribution in [0.4, 0.5) is 11.4 Å². The number of anilines is 2. The van der Waals surface area contributed by atoms with Crippen molar-refractivity contribution in [3.8, 4) is 0 Å². The highest BCUT2D eigenvalue weighted by atomic mass is 32.2. The number of carbonyl (C=O) groups is 2. The fraction of sp³-hybridized carbons (Fsp3) is 0.500. The SMILES string of the molecule is CN(C1CCCCC1)S(=O)(=O)c1ccc2c(c1)NC(=O)CC(=O)N2. The average Bonchev–Trinajstić information content (AvgIpc) is 2.70. The van der Waals surface area contributed by atoms with Crippen LogP contribution in [0.2, 0.25) is 0 Å². The Kier molecular flexibility index (Phi) is 4.60. The molecule has 1 aliphatic carbocycles. The minimum atomic E-state index is -3.65. The van der Waals surface area contributed by atoms with E-state index in [2.05, 4.69) is 10.6 Å². The van der Waals surface area contributed by atoms with Gasteiger partial charge in [-0.1, -0.05) is 19.3 Å². The third-order valence-electron chi connectivity index (χ3n) is 4.63. The summed E-state index contributed by atoms with van der Waals surface area (Å²) in [7, 11) is -2.04. The number of amides is 2. The van der Waals surface area contributed by atoms with E-state index in [4.69, 9.17) is 0 Å². The molecule has 0 atom stereocenters. The largest absolute Gasteiger partial charge is 0.324 e. The van der Waals surface area contributed by atoms with Crippen molar-refractivity contribution in [2.75, 3.05) is 17.7 Å². The van der Waals surface area contributed by atoms with Gasteiger partial charge >= 0.3 is 0 Å². The maximum Gasteiger partial charge on any atom is 0.243 e. The topological polar surface area (TPSA) is 95.6 Å². The van der Waals surface area contributed by atoms with Gasteiger partial charge in [-0.05, 0) is 31.0 Å². The first-order valence-corrected chi connectivity index (χ1v) is 9.54. The van der Waals surface area contributed by atoms with Crippen LogP contribution >= 0.6 is 0 Å². The van der Waals surface area contributed by atoms with Crippen molar-refractivity contribution in [2.24, 2.45) is 0 Å². The molecule has 8 heteroatoms. The summed E-state index contributed by atoms with van der Waals surface area (Å²) in [4.78, 5) is 23.3. The van der Waals surface area contributed by atoms with Crippen LogP contribution in [0, 0.1) is 0 Å². The first kappa shape index (κ1) is 16.9. The number of nitrogens with one attached hydrogen (secondary N) is 2. The molecule has 0 unspecified atom stereocenters. The van der Waals surface area contributed by atoms with E-state index in [9.17, 15) is 18.0 Å². The van der Waals surface area contributed by atoms with Crippen molar-refractivity contribution in [2.45, 2.75) is 49.5 Å². The fourth-order valence-electron chi connectivity index (χ4n) is 3.24. The monoisotopic (exact) mass is 351 g/mol. The minimum absolute atomic E-state index is 0.0110. The van der Waals surface area contributed by atoms with Gasteiger partial charge in [-0.2, -0.15) is 4.31 Å². The summed E-state index contributed by atoms with van der Waals surface area (Å²) in [6, 6.07) is 4.40. The number of nitrogens with zero attached hydrogens (tertiary/aromatic N) is 1. The van der Waals surface area contributed by atoms with Gasteiger partial charge in [-0.15, -0.1) is 0 Å². The number of benzene rings is 1. The van der Waals surface area contributed by atoms with Gasteiger partial charge in [0.15, 0.2) is 0 Å². The van der Waals surface area contributed by atoms with Crippen LogP contribution in [0.15, 0.2) is 23.1 Å². The van der Waals surface area contributed by atoms with E-state index < -0.39 is 21.8 Å². The molecule has 7 nitrogen and oxygen atoms in total. The highest BCUT2D eigenvalue weighted by Gasteiger charge is 2.30. The molecule has 0 spiro atoms. The quantitative estimate of drug-likeness (QED) is 0.813. The Morgan fingerprint density at radius 3 is 2.29 bits per heavy atom. The van der Waals surface area contributed by atoms with E-state index in [-0.39, 0.29) is 17.4 Å². The van der Waals surface area contributed by atoms with Gasteiger partial charge in [0.25, 0.3) is 0 Å². The molecule has 1 heterocycles. The molecule has 0 radical (unpaired) electrons. The van der Waals surface area contributed by atoms with Gasteiger partial charge in [0.1, 0.15) is 6.42 Å². The third-order valence-corrected chi connectivity index (χ3v) is 6.53. The molecular formula is C16H21N3O4S. The zero-order valence-electron chi connectivity index (χ0n) is 13.5. The second-order valence-corrected chi connectivity index (χ2v) is 8.29. The van der Waals surface area contributed by atoms with Crippen LogP contribution in [-0.2, 0) is 19.6 Å². The van der Waals surface area contributed by atoms with Crippen molar-refractivity contribution in [3.63, 3.8) is 0 Å². The molecule has 2 N–H and O–H groups in total. The summed E-state index contributed by atoms with van der Waals surface area (Å²) in [5.74, 6) is -0.873. The van der Waals surface area contributed by atoms with Crippen molar-refractivity contribution in [3.05, 3.63) is 18.2 Å². The van der Waals surface area contributed by atoms with Crippen molar-refractivity contribution in [1.29, 1.82) is 0 Å². The van der Waals surface area contributed by atoms with Gasteiger partial charge in [0.2, 0.25) is 21.8 Å². The molecule has 1 aromatic carbocycles. The first-order valence-electron chi connectivity index (χ1n) is 8.10. The zero-order valence-corrected chi connectivity index (χ0v) is 14.4. The molecule has 130 valence electrons. The second-order valence-electron chi connectivity index (χ2n) is 6.29. The lowest BCUT2D eigenvalue weighted by Gasteiger charge is -2.30. The Labute approximate surface area is 141 Å². The highest BCUT2D eigenvalue weighted by Crippen LogP contribution is 2.31. The Morgan fingerprint density at radius 1 is 1.00 bits per heavy atom. The maximum atomic E-state index is 12.9. The lowest BCUT2D eigenvalue weighted by molar-refractivity contribution is -0.123. The van der Waals surface area contributed by atoms with Crippen molar-refractivity contribution < 1.29 is 18.0 Å². The van der Waals surface area contributed by atoms with Gasteiger partial charge in [0, 0.05) is 13.1 Å². The molecule has 2 aliphatic rings. The Balaban J connectivity index is 1.91. The van der Waals surface area contributed by atoms with Gasteiger partial charge in [-0.25, -0.2) is 8.42 Å². The van der Waals surface area contributed by atoms with Crippen LogP contribution in [-0.4, -0.2) is 37.6 Å². The van der Waals surface area contributed by atoms with Gasteiger partial charge in [0.05, 0.1) is 16.3 Å². The van der Waals surface area contributed by atoms with Crippen LogP contribution < -0.4 is 10.6 Å². The summed E-state index contributed by atoms with van der Waals surface area (Å²) in [5.41, 5.74) is 0.717. The molecule has 1 aliphatic heterocycles. The first-order chi connectivity index (χ1) is 11.4. The number of sulfonamides is 1. The molecule has 0 aromatic heterocycles. The fourth-order valence-corrected chi connectivity index (χ4v) is 4.68. The summed E-state index contributed by atoms with van der Waals surface area (Å²) in [6.07, 6.45) is 4.68. The van der Waals surface area contributed by atoms with Crippen LogP contribution in [0.5, 0.6) is 0 Å². The number of fused-ring (bicyclic) bond motifs is 1. The Bertz CT molecular complexity index is 770. The zero-order chi connectivity index (χ0) is 17.3. The minimum Gasteiger partial charge on any atom is -0.324 e. The van der Waals surface area contributed by atoms with Crippen molar-refractivity contribution >= 4 is 33.2 Å². The molecule has 24 heavy (non-hydrogen) atoms. The molecule has 0 saturated heterocycles. The summed E-state index contributed by atoms with van der Waals surface area (Å²) < 4.78 is 27.2. The highest BCUT2D eigenvalue weighted by molar-refractivity contribution is 7.89. The van der Waals surface area contributed by atoms with Crippen LogP contribution in [0.1, 0.15) is 38.5 Å². The molecule has 0 bridgehead atoms. The van der Waals surface area contributed by atoms with Gasteiger partial charge in [-0.3, -0.25) is 9.59 Å². The molecule has 1 saturated carbocycles. The van der Waals surface area contributed by atoms with E-state index in [1.165, 1.54) is 22.5 Å². The van der Waals surface area contributed by atoms with E-state index in [1.807, 2.05) is 0 Å². The number of hydrogen-bond acceptors (Lipinski definition) is 4. The smallest absolute Gasteiger partial charge is 0.243 e. The average molecular weight is 351 g/mol. The number of carbonyl (C=O) groups excluding carboxylic acids is 2. The predicted molar refractivity (Wildman–Crippen MR) is 90.1 cm³/mol. The van der Waals surface area contributed by atoms with Gasteiger partial charge < -0.3 is 10.6 Å². The lowest BCUT2D eigenvalue weighted by atomic mass is 9.96. The molecule has 3 rings (SSSR count). The second kappa shape index (κ2) is 6.52.